The molecule has 0 aromatic carbocycles. The lowest BCUT2D eigenvalue weighted by Gasteiger charge is -2.20. The molecule has 1 saturated carbocycles. The second kappa shape index (κ2) is 5.79. The van der Waals surface area contributed by atoms with E-state index >= 15 is 0 Å². The molecule has 3 rings (SSSR count). The van der Waals surface area contributed by atoms with Crippen LogP contribution in [-0.2, 0) is 16.9 Å². The summed E-state index contributed by atoms with van der Waals surface area (Å²) in [6.07, 6.45) is 3.61. The molecule has 0 aliphatic heterocycles. The van der Waals surface area contributed by atoms with Gasteiger partial charge in [-0.1, -0.05) is 32.3 Å². The quantitative estimate of drug-likeness (QED) is 0.837. The van der Waals surface area contributed by atoms with Gasteiger partial charge in [0.2, 0.25) is 17.7 Å². The van der Waals surface area contributed by atoms with Gasteiger partial charge in [0, 0.05) is 11.3 Å². The predicted molar refractivity (Wildman–Crippen MR) is 78.9 cm³/mol. The van der Waals surface area contributed by atoms with E-state index in [1.54, 1.807) is 11.8 Å². The van der Waals surface area contributed by atoms with Gasteiger partial charge in [-0.3, -0.25) is 0 Å². The van der Waals surface area contributed by atoms with E-state index in [0.29, 0.717) is 29.2 Å². The minimum atomic E-state index is -0.0867. The van der Waals surface area contributed by atoms with E-state index in [0.717, 1.165) is 11.7 Å². The summed E-state index contributed by atoms with van der Waals surface area (Å²) < 4.78 is 10.9. The molecule has 2 aromatic heterocycles. The van der Waals surface area contributed by atoms with Gasteiger partial charge in [0.25, 0.3) is 0 Å². The second-order valence-corrected chi connectivity index (χ2v) is 7.40. The molecular formula is C14H20N4O2S. The molecule has 2 heterocycles. The highest BCUT2D eigenvalue weighted by Gasteiger charge is 2.25. The topological polar surface area (TPSA) is 77.8 Å². The lowest BCUT2D eigenvalue weighted by molar-refractivity contribution is 0.328. The summed E-state index contributed by atoms with van der Waals surface area (Å²) in [5.41, 5.74) is -0.0867. The van der Waals surface area contributed by atoms with E-state index in [9.17, 15) is 0 Å². The zero-order valence-corrected chi connectivity index (χ0v) is 13.4. The van der Waals surface area contributed by atoms with E-state index in [4.69, 9.17) is 8.94 Å². The van der Waals surface area contributed by atoms with Crippen molar-refractivity contribution in [3.8, 4) is 0 Å². The van der Waals surface area contributed by atoms with Gasteiger partial charge >= 0.3 is 0 Å². The molecular weight excluding hydrogens is 288 g/mol. The molecule has 1 fully saturated rings. The van der Waals surface area contributed by atoms with Crippen LogP contribution in [0.4, 0.5) is 0 Å². The van der Waals surface area contributed by atoms with Gasteiger partial charge in [-0.25, -0.2) is 0 Å². The van der Waals surface area contributed by atoms with Crippen molar-refractivity contribution in [3.05, 3.63) is 23.5 Å². The summed E-state index contributed by atoms with van der Waals surface area (Å²) in [4.78, 5) is 4.40. The maximum atomic E-state index is 5.68. The Balaban J connectivity index is 1.49. The molecule has 0 bridgehead atoms. The van der Waals surface area contributed by atoms with Gasteiger partial charge in [0.05, 0.1) is 11.5 Å². The molecule has 7 heteroatoms. The van der Waals surface area contributed by atoms with Gasteiger partial charge in [-0.15, -0.1) is 22.0 Å². The lowest BCUT2D eigenvalue weighted by atomic mass is 9.85. The minimum Gasteiger partial charge on any atom is -0.424 e. The highest BCUT2D eigenvalue weighted by Crippen LogP contribution is 2.35. The van der Waals surface area contributed by atoms with Crippen molar-refractivity contribution < 1.29 is 8.94 Å². The van der Waals surface area contributed by atoms with Gasteiger partial charge in [-0.2, -0.15) is 4.98 Å². The van der Waals surface area contributed by atoms with Crippen LogP contribution in [0.3, 0.4) is 0 Å². The third-order valence-corrected chi connectivity index (χ3v) is 4.43. The largest absolute Gasteiger partial charge is 0.424 e. The van der Waals surface area contributed by atoms with Crippen LogP contribution in [-0.4, -0.2) is 20.3 Å². The number of rotatable bonds is 5. The Kier molecular flexibility index (Phi) is 4.01. The van der Waals surface area contributed by atoms with Crippen LogP contribution >= 0.6 is 11.8 Å². The van der Waals surface area contributed by atoms with Crippen molar-refractivity contribution in [1.29, 1.82) is 0 Å². The van der Waals surface area contributed by atoms with E-state index in [1.807, 2.05) is 0 Å². The third kappa shape index (κ3) is 3.45. The van der Waals surface area contributed by atoms with Crippen molar-refractivity contribution in [2.24, 2.45) is 0 Å². The standard InChI is InChI=1S/C14H20N4O2S/c1-14(2,3)13-15-10(20-18-13)7-21-8-11-16-17-12(19-11)9-5-4-6-9/h9H,4-8H2,1-3H3. The molecule has 2 aromatic rings. The molecule has 114 valence electrons. The van der Waals surface area contributed by atoms with Crippen LogP contribution in [0.15, 0.2) is 8.94 Å². The smallest absolute Gasteiger partial charge is 0.236 e. The van der Waals surface area contributed by atoms with E-state index < -0.39 is 0 Å². The molecule has 0 amide bonds. The normalized spacial score (nSPS) is 16.1. The van der Waals surface area contributed by atoms with E-state index in [2.05, 4.69) is 41.1 Å². The maximum Gasteiger partial charge on any atom is 0.236 e. The molecule has 0 saturated heterocycles. The van der Waals surface area contributed by atoms with Crippen LogP contribution < -0.4 is 0 Å². The Labute approximate surface area is 128 Å². The first-order chi connectivity index (χ1) is 10.0. The molecule has 0 atom stereocenters. The molecule has 1 aliphatic rings. The van der Waals surface area contributed by atoms with E-state index in [1.165, 1.54) is 19.3 Å². The van der Waals surface area contributed by atoms with Gasteiger partial charge in [-0.05, 0) is 12.8 Å². The summed E-state index contributed by atoms with van der Waals surface area (Å²) in [5, 5.41) is 12.2. The molecule has 0 spiro atoms. The summed E-state index contributed by atoms with van der Waals surface area (Å²) in [7, 11) is 0. The van der Waals surface area contributed by atoms with Crippen LogP contribution in [0, 0.1) is 0 Å². The Bertz CT molecular complexity index is 598. The average Bonchev–Trinajstić information content (AvgIpc) is 2.96. The van der Waals surface area contributed by atoms with Crippen LogP contribution in [0.1, 0.15) is 69.4 Å². The predicted octanol–water partition coefficient (Wildman–Crippen LogP) is 3.45. The molecule has 6 nitrogen and oxygen atoms in total. The number of aromatic nitrogens is 4. The molecule has 1 aliphatic carbocycles. The fraction of sp³-hybridized carbons (Fsp3) is 0.714. The fourth-order valence-corrected chi connectivity index (χ4v) is 2.67. The lowest BCUT2D eigenvalue weighted by Crippen LogP contribution is -2.13. The minimum absolute atomic E-state index is 0.0867. The van der Waals surface area contributed by atoms with Gasteiger partial charge < -0.3 is 8.94 Å². The molecule has 21 heavy (non-hydrogen) atoms. The van der Waals surface area contributed by atoms with Crippen molar-refractivity contribution in [1.82, 2.24) is 20.3 Å². The summed E-state index contributed by atoms with van der Waals surface area (Å²) in [5.74, 6) is 4.67. The first-order valence-electron chi connectivity index (χ1n) is 7.25. The summed E-state index contributed by atoms with van der Waals surface area (Å²) in [6.45, 7) is 6.19. The van der Waals surface area contributed by atoms with Crippen LogP contribution in [0.25, 0.3) is 0 Å². The first-order valence-corrected chi connectivity index (χ1v) is 8.41. The highest BCUT2D eigenvalue weighted by atomic mass is 32.2. The molecule has 0 radical (unpaired) electrons. The van der Waals surface area contributed by atoms with Gasteiger partial charge in [0.1, 0.15) is 0 Å². The third-order valence-electron chi connectivity index (χ3n) is 3.53. The Hall–Kier alpha value is -1.37. The molecule has 0 unspecified atom stereocenters. The average molecular weight is 308 g/mol. The van der Waals surface area contributed by atoms with Crippen molar-refractivity contribution in [3.63, 3.8) is 0 Å². The Morgan fingerprint density at radius 3 is 2.52 bits per heavy atom. The summed E-state index contributed by atoms with van der Waals surface area (Å²) >= 11 is 1.64. The Morgan fingerprint density at radius 2 is 1.90 bits per heavy atom. The molecule has 0 N–H and O–H groups in total. The zero-order chi connectivity index (χ0) is 14.9. The number of hydrogen-bond acceptors (Lipinski definition) is 7. The first kappa shape index (κ1) is 14.6. The SMILES string of the molecule is CC(C)(C)c1noc(CSCc2nnc(C3CCC3)o2)n1. The van der Waals surface area contributed by atoms with Crippen LogP contribution in [0.5, 0.6) is 0 Å². The highest BCUT2D eigenvalue weighted by molar-refractivity contribution is 7.97. The number of hydrogen-bond donors (Lipinski definition) is 0. The van der Waals surface area contributed by atoms with Gasteiger partial charge in [0.15, 0.2) is 5.82 Å². The number of thioether (sulfide) groups is 1. The van der Waals surface area contributed by atoms with E-state index in [-0.39, 0.29) is 5.41 Å². The van der Waals surface area contributed by atoms with Crippen molar-refractivity contribution >= 4 is 11.8 Å². The Morgan fingerprint density at radius 1 is 1.14 bits per heavy atom. The number of nitrogens with zero attached hydrogens (tertiary/aromatic N) is 4. The second-order valence-electron chi connectivity index (χ2n) is 6.42. The maximum absolute atomic E-state index is 5.68. The van der Waals surface area contributed by atoms with Crippen molar-refractivity contribution in [2.45, 2.75) is 62.9 Å². The monoisotopic (exact) mass is 308 g/mol. The van der Waals surface area contributed by atoms with Crippen LogP contribution in [0.2, 0.25) is 0 Å². The van der Waals surface area contributed by atoms with Crippen molar-refractivity contribution in [2.75, 3.05) is 0 Å². The summed E-state index contributed by atoms with van der Waals surface area (Å²) in [6, 6.07) is 0. The zero-order valence-electron chi connectivity index (χ0n) is 12.6. The fourth-order valence-electron chi connectivity index (χ4n) is 1.99.